The van der Waals surface area contributed by atoms with Crippen LogP contribution in [0.1, 0.15) is 28.8 Å². The van der Waals surface area contributed by atoms with E-state index in [1.54, 1.807) is 36.4 Å². The monoisotopic (exact) mass is 402 g/mol. The number of nitrogens with one attached hydrogen (secondary N) is 2. The fraction of sp³-hybridized carbons (Fsp3) is 0.158. The first-order chi connectivity index (χ1) is 12.0. The normalized spacial score (nSPS) is 13.7. The number of carbonyl (C=O) groups is 2. The third-order valence-electron chi connectivity index (χ3n) is 3.71. The summed E-state index contributed by atoms with van der Waals surface area (Å²) in [5.74, 6) is -1.07. The Hall–Kier alpha value is -2.47. The number of benzene rings is 2. The Kier molecular flexibility index (Phi) is 5.28. The van der Waals surface area contributed by atoms with E-state index in [2.05, 4.69) is 26.6 Å². The van der Waals surface area contributed by atoms with Gasteiger partial charge in [0.2, 0.25) is 5.91 Å². The van der Waals surface area contributed by atoms with Crippen molar-refractivity contribution in [3.8, 4) is 0 Å². The Bertz CT molecular complexity index is 847. The van der Waals surface area contributed by atoms with Gasteiger partial charge in [-0.2, -0.15) is 0 Å². The summed E-state index contributed by atoms with van der Waals surface area (Å²) in [5.41, 5.74) is 1.12. The molecule has 6 heteroatoms. The molecule has 0 aliphatic heterocycles. The second kappa shape index (κ2) is 7.61. The maximum absolute atomic E-state index is 13.7. The topological polar surface area (TPSA) is 58.2 Å². The van der Waals surface area contributed by atoms with Gasteiger partial charge < -0.3 is 10.6 Å². The molecule has 25 heavy (non-hydrogen) atoms. The van der Waals surface area contributed by atoms with Crippen LogP contribution < -0.4 is 10.6 Å². The number of rotatable bonds is 5. The number of hydrogen-bond donors (Lipinski definition) is 2. The van der Waals surface area contributed by atoms with Gasteiger partial charge in [0.15, 0.2) is 0 Å². The second-order valence-electron chi connectivity index (χ2n) is 5.78. The molecule has 1 saturated carbocycles. The number of carbonyl (C=O) groups excluding carboxylic acids is 2. The molecule has 1 fully saturated rings. The van der Waals surface area contributed by atoms with Crippen molar-refractivity contribution in [1.82, 2.24) is 5.32 Å². The molecule has 0 heterocycles. The largest absolute Gasteiger partial charge is 0.349 e. The van der Waals surface area contributed by atoms with Crippen molar-refractivity contribution in [2.45, 2.75) is 18.9 Å². The van der Waals surface area contributed by atoms with Crippen LogP contribution in [0.15, 0.2) is 53.0 Å². The molecule has 2 aromatic carbocycles. The highest BCUT2D eigenvalue weighted by Crippen LogP contribution is 2.22. The first kappa shape index (κ1) is 17.4. The van der Waals surface area contributed by atoms with Crippen LogP contribution in [-0.2, 0) is 4.79 Å². The van der Waals surface area contributed by atoms with E-state index in [1.165, 1.54) is 18.2 Å². The molecule has 2 amide bonds. The fourth-order valence-electron chi connectivity index (χ4n) is 2.26. The van der Waals surface area contributed by atoms with Crippen molar-refractivity contribution >= 4 is 39.5 Å². The van der Waals surface area contributed by atoms with Crippen LogP contribution in [0.25, 0.3) is 6.08 Å². The van der Waals surface area contributed by atoms with Crippen LogP contribution >= 0.6 is 15.9 Å². The molecular formula is C19H16BrFN2O2. The highest BCUT2D eigenvalue weighted by Gasteiger charge is 2.24. The third-order valence-corrected chi connectivity index (χ3v) is 4.21. The smallest absolute Gasteiger partial charge is 0.253 e. The maximum atomic E-state index is 13.7. The van der Waals surface area contributed by atoms with Crippen molar-refractivity contribution in [2.75, 3.05) is 5.32 Å². The van der Waals surface area contributed by atoms with Gasteiger partial charge in [0, 0.05) is 22.2 Å². The average Bonchev–Trinajstić information content (AvgIpc) is 3.40. The maximum Gasteiger partial charge on any atom is 0.253 e. The molecule has 0 radical (unpaired) electrons. The minimum atomic E-state index is -0.439. The van der Waals surface area contributed by atoms with Crippen molar-refractivity contribution in [1.29, 1.82) is 0 Å². The van der Waals surface area contributed by atoms with Gasteiger partial charge in [-0.05, 0) is 49.2 Å². The molecular weight excluding hydrogens is 387 g/mol. The van der Waals surface area contributed by atoms with E-state index in [9.17, 15) is 14.0 Å². The van der Waals surface area contributed by atoms with Crippen molar-refractivity contribution in [3.63, 3.8) is 0 Å². The quantitative estimate of drug-likeness (QED) is 0.738. The van der Waals surface area contributed by atoms with E-state index in [0.717, 1.165) is 17.3 Å². The molecule has 0 spiro atoms. The lowest BCUT2D eigenvalue weighted by Gasteiger charge is -2.10. The lowest BCUT2D eigenvalue weighted by Crippen LogP contribution is -2.26. The number of amides is 2. The highest BCUT2D eigenvalue weighted by molar-refractivity contribution is 9.10. The molecule has 0 aromatic heterocycles. The molecule has 2 aromatic rings. The predicted octanol–water partition coefficient (Wildman–Crippen LogP) is 4.13. The van der Waals surface area contributed by atoms with Crippen molar-refractivity contribution < 1.29 is 14.0 Å². The number of para-hydroxylation sites is 1. The molecule has 1 aliphatic rings. The Morgan fingerprint density at radius 3 is 2.68 bits per heavy atom. The number of anilines is 1. The summed E-state index contributed by atoms with van der Waals surface area (Å²) in [4.78, 5) is 24.4. The van der Waals surface area contributed by atoms with Gasteiger partial charge in [-0.15, -0.1) is 0 Å². The molecule has 3 rings (SSSR count). The van der Waals surface area contributed by atoms with Gasteiger partial charge in [0.25, 0.3) is 5.91 Å². The van der Waals surface area contributed by atoms with E-state index in [4.69, 9.17) is 0 Å². The molecule has 128 valence electrons. The van der Waals surface area contributed by atoms with Gasteiger partial charge in [0.1, 0.15) is 5.82 Å². The fourth-order valence-corrected chi connectivity index (χ4v) is 2.64. The van der Waals surface area contributed by atoms with E-state index in [1.807, 2.05) is 0 Å². The minimum Gasteiger partial charge on any atom is -0.349 e. The summed E-state index contributed by atoms with van der Waals surface area (Å²) >= 11 is 3.26. The number of hydrogen-bond acceptors (Lipinski definition) is 2. The summed E-state index contributed by atoms with van der Waals surface area (Å²) in [7, 11) is 0. The van der Waals surface area contributed by atoms with Crippen LogP contribution in [-0.4, -0.2) is 17.9 Å². The summed E-state index contributed by atoms with van der Waals surface area (Å²) < 4.78 is 14.4. The van der Waals surface area contributed by atoms with Crippen molar-refractivity contribution in [2.24, 2.45) is 0 Å². The SMILES string of the molecule is O=C(/C=C/c1cc(Br)ccc1F)Nc1ccccc1C(=O)NC1CC1. The number of halogens is 2. The Labute approximate surface area is 153 Å². The minimum absolute atomic E-state index is 0.208. The standard InChI is InChI=1S/C19H16BrFN2O2/c20-13-6-9-16(21)12(11-13)5-10-18(24)23-17-4-2-1-3-15(17)19(25)22-14-7-8-14/h1-6,9-11,14H,7-8H2,(H,22,25)(H,23,24)/b10-5+. The first-order valence-electron chi connectivity index (χ1n) is 7.87. The molecule has 2 N–H and O–H groups in total. The average molecular weight is 403 g/mol. The Morgan fingerprint density at radius 1 is 1.16 bits per heavy atom. The van der Waals surface area contributed by atoms with Crippen LogP contribution in [0, 0.1) is 5.82 Å². The lowest BCUT2D eigenvalue weighted by molar-refractivity contribution is -0.111. The van der Waals surface area contributed by atoms with E-state index < -0.39 is 11.7 Å². The molecule has 4 nitrogen and oxygen atoms in total. The van der Waals surface area contributed by atoms with Gasteiger partial charge in [-0.1, -0.05) is 28.1 Å². The Balaban J connectivity index is 1.71. The summed E-state index contributed by atoms with van der Waals surface area (Å²) in [5, 5.41) is 5.56. The van der Waals surface area contributed by atoms with Gasteiger partial charge in [-0.25, -0.2) is 4.39 Å². The zero-order chi connectivity index (χ0) is 17.8. The molecule has 0 unspecified atom stereocenters. The summed E-state index contributed by atoms with van der Waals surface area (Å²) in [6.45, 7) is 0. The molecule has 0 bridgehead atoms. The zero-order valence-electron chi connectivity index (χ0n) is 13.3. The molecule has 0 saturated heterocycles. The van der Waals surface area contributed by atoms with Crippen LogP contribution in [0.3, 0.4) is 0 Å². The lowest BCUT2D eigenvalue weighted by atomic mass is 10.1. The molecule has 0 atom stereocenters. The van der Waals surface area contributed by atoms with E-state index in [0.29, 0.717) is 16.8 Å². The third kappa shape index (κ3) is 4.76. The zero-order valence-corrected chi connectivity index (χ0v) is 14.8. The first-order valence-corrected chi connectivity index (χ1v) is 8.66. The summed E-state index contributed by atoms with van der Waals surface area (Å²) in [6, 6.07) is 11.5. The second-order valence-corrected chi connectivity index (χ2v) is 6.70. The predicted molar refractivity (Wildman–Crippen MR) is 98.7 cm³/mol. The van der Waals surface area contributed by atoms with Gasteiger partial charge in [0.05, 0.1) is 11.3 Å². The summed E-state index contributed by atoms with van der Waals surface area (Å²) in [6.07, 6.45) is 4.60. The van der Waals surface area contributed by atoms with Crippen LogP contribution in [0.5, 0.6) is 0 Å². The van der Waals surface area contributed by atoms with Crippen molar-refractivity contribution in [3.05, 3.63) is 70.0 Å². The molecule has 1 aliphatic carbocycles. The van der Waals surface area contributed by atoms with Crippen LogP contribution in [0.4, 0.5) is 10.1 Å². The van der Waals surface area contributed by atoms with E-state index >= 15 is 0 Å². The highest BCUT2D eigenvalue weighted by atomic mass is 79.9. The van der Waals surface area contributed by atoms with Gasteiger partial charge in [-0.3, -0.25) is 9.59 Å². The van der Waals surface area contributed by atoms with Crippen LogP contribution in [0.2, 0.25) is 0 Å². The Morgan fingerprint density at radius 2 is 1.92 bits per heavy atom. The van der Waals surface area contributed by atoms with E-state index in [-0.39, 0.29) is 11.9 Å². The van der Waals surface area contributed by atoms with Gasteiger partial charge >= 0.3 is 0 Å².